The summed E-state index contributed by atoms with van der Waals surface area (Å²) in [4.78, 5) is 11.0. The topological polar surface area (TPSA) is 84.5 Å². The SMILES string of the molecule is OC1(c2nc(N3CN=C4c5ccccc5N5CN(F)C=C5N43)no2)CCCC1. The molecule has 1 saturated carbocycles. The third-order valence-corrected chi connectivity index (χ3v) is 5.73. The Bertz CT molecular complexity index is 1010. The minimum atomic E-state index is -1.06. The van der Waals surface area contributed by atoms with Crippen molar-refractivity contribution < 1.29 is 14.1 Å². The zero-order valence-corrected chi connectivity index (χ0v) is 15.0. The van der Waals surface area contributed by atoms with Gasteiger partial charge in [0.15, 0.2) is 11.7 Å². The number of amidine groups is 1. The predicted molar refractivity (Wildman–Crippen MR) is 97.2 cm³/mol. The minimum absolute atomic E-state index is 0.0984. The number of fused-ring (bicyclic) bond motifs is 6. The number of rotatable bonds is 2. The van der Waals surface area contributed by atoms with Crippen LogP contribution in [0.1, 0.15) is 37.1 Å². The molecule has 1 N–H and O–H groups in total. The summed E-state index contributed by atoms with van der Waals surface area (Å²) in [5.74, 6) is 1.87. The molecule has 0 bridgehead atoms. The number of hydrazine groups is 1. The molecule has 1 aromatic heterocycles. The third-order valence-electron chi connectivity index (χ3n) is 5.73. The number of aromatic nitrogens is 2. The van der Waals surface area contributed by atoms with Gasteiger partial charge >= 0.3 is 0 Å². The van der Waals surface area contributed by atoms with Crippen molar-refractivity contribution in [3.8, 4) is 0 Å². The van der Waals surface area contributed by atoms with Crippen molar-refractivity contribution in [1.29, 1.82) is 0 Å². The molecule has 0 saturated heterocycles. The van der Waals surface area contributed by atoms with Crippen LogP contribution in [0.15, 0.2) is 45.8 Å². The Morgan fingerprint density at radius 3 is 2.86 bits per heavy atom. The summed E-state index contributed by atoms with van der Waals surface area (Å²) in [5, 5.41) is 19.0. The van der Waals surface area contributed by atoms with Gasteiger partial charge in [-0.3, -0.25) is 0 Å². The van der Waals surface area contributed by atoms with Crippen molar-refractivity contribution in [2.24, 2.45) is 4.99 Å². The zero-order chi connectivity index (χ0) is 18.9. The Hall–Kier alpha value is -3.14. The molecule has 4 aliphatic rings. The van der Waals surface area contributed by atoms with E-state index in [1.165, 1.54) is 6.20 Å². The zero-order valence-electron chi connectivity index (χ0n) is 15.0. The quantitative estimate of drug-likeness (QED) is 0.789. The summed E-state index contributed by atoms with van der Waals surface area (Å²) in [6.07, 6.45) is 4.52. The van der Waals surface area contributed by atoms with E-state index in [4.69, 9.17) is 4.52 Å². The van der Waals surface area contributed by atoms with Crippen LogP contribution in [0, 0.1) is 0 Å². The standard InChI is InChI=1S/C18H18FN7O2/c19-23-9-14-24(11-23)13-6-2-1-5-12(13)15-20-10-25(26(14)15)17-21-16(28-22-17)18(27)7-3-4-8-18/h1-2,5-6,9,27H,3-4,7-8,10-11H2. The molecule has 0 atom stereocenters. The lowest BCUT2D eigenvalue weighted by Gasteiger charge is -2.39. The molecule has 28 heavy (non-hydrogen) atoms. The van der Waals surface area contributed by atoms with Crippen molar-refractivity contribution in [2.75, 3.05) is 23.2 Å². The average Bonchev–Trinajstić information content (AvgIpc) is 3.46. The highest BCUT2D eigenvalue weighted by Gasteiger charge is 2.45. The number of benzene rings is 1. The Balaban J connectivity index is 1.41. The first-order valence-electron chi connectivity index (χ1n) is 9.34. The van der Waals surface area contributed by atoms with Crippen LogP contribution in [0.25, 0.3) is 0 Å². The molecule has 6 rings (SSSR count). The average molecular weight is 383 g/mol. The van der Waals surface area contributed by atoms with E-state index in [2.05, 4.69) is 15.1 Å². The van der Waals surface area contributed by atoms with E-state index in [1.54, 1.807) is 10.0 Å². The lowest BCUT2D eigenvalue weighted by atomic mass is 10.0. The monoisotopic (exact) mass is 383 g/mol. The minimum Gasteiger partial charge on any atom is -0.380 e. The first kappa shape index (κ1) is 15.9. The highest BCUT2D eigenvalue weighted by molar-refractivity contribution is 6.08. The highest BCUT2D eigenvalue weighted by Crippen LogP contribution is 2.41. The van der Waals surface area contributed by atoms with E-state index in [0.29, 0.717) is 35.6 Å². The molecule has 2 aromatic rings. The number of aliphatic imine (C=N–C) groups is 1. The number of hydrogen-bond donors (Lipinski definition) is 1. The molecule has 0 unspecified atom stereocenters. The number of halogens is 1. The van der Waals surface area contributed by atoms with Gasteiger partial charge in [0, 0.05) is 5.56 Å². The van der Waals surface area contributed by atoms with Crippen LogP contribution >= 0.6 is 0 Å². The van der Waals surface area contributed by atoms with E-state index in [-0.39, 0.29) is 19.2 Å². The Morgan fingerprint density at radius 2 is 2.00 bits per heavy atom. The first-order valence-corrected chi connectivity index (χ1v) is 9.34. The normalized spacial score (nSPS) is 22.2. The maximum atomic E-state index is 14.1. The molecule has 144 valence electrons. The molecular weight excluding hydrogens is 365 g/mol. The van der Waals surface area contributed by atoms with E-state index < -0.39 is 5.60 Å². The Kier molecular flexibility index (Phi) is 3.09. The number of nitrogens with zero attached hydrogens (tertiary/aromatic N) is 7. The number of para-hydroxylation sites is 1. The van der Waals surface area contributed by atoms with Gasteiger partial charge in [-0.15, -0.1) is 0 Å². The summed E-state index contributed by atoms with van der Waals surface area (Å²) < 4.78 is 19.5. The molecule has 3 aliphatic heterocycles. The molecule has 1 fully saturated rings. The van der Waals surface area contributed by atoms with Crippen molar-refractivity contribution in [2.45, 2.75) is 31.3 Å². The lowest BCUT2D eigenvalue weighted by molar-refractivity contribution is 0.0112. The van der Waals surface area contributed by atoms with Gasteiger partial charge in [-0.05, 0) is 43.0 Å². The number of anilines is 2. The van der Waals surface area contributed by atoms with Crippen LogP contribution in [0.4, 0.5) is 16.1 Å². The Morgan fingerprint density at radius 1 is 1.18 bits per heavy atom. The summed E-state index contributed by atoms with van der Waals surface area (Å²) in [5.41, 5.74) is 0.757. The van der Waals surface area contributed by atoms with Gasteiger partial charge in [0.25, 0.3) is 11.8 Å². The van der Waals surface area contributed by atoms with Gasteiger partial charge < -0.3 is 14.5 Å². The number of aliphatic hydroxyl groups is 1. The highest BCUT2D eigenvalue weighted by atomic mass is 19.2. The van der Waals surface area contributed by atoms with E-state index in [9.17, 15) is 9.59 Å². The van der Waals surface area contributed by atoms with Crippen molar-refractivity contribution in [3.63, 3.8) is 0 Å². The van der Waals surface area contributed by atoms with Gasteiger partial charge in [0.2, 0.25) is 0 Å². The summed E-state index contributed by atoms with van der Waals surface area (Å²) in [6, 6.07) is 7.77. The maximum absolute atomic E-state index is 14.1. The lowest BCUT2D eigenvalue weighted by Crippen LogP contribution is -2.49. The van der Waals surface area contributed by atoms with Crippen LogP contribution in [-0.4, -0.2) is 44.6 Å². The molecule has 0 radical (unpaired) electrons. The van der Waals surface area contributed by atoms with Crippen molar-refractivity contribution >= 4 is 17.5 Å². The third kappa shape index (κ3) is 2.06. The van der Waals surface area contributed by atoms with Crippen molar-refractivity contribution in [3.05, 3.63) is 47.7 Å². The molecule has 10 heteroatoms. The Labute approximate surface area is 159 Å². The van der Waals surface area contributed by atoms with Gasteiger partial charge in [-0.2, -0.15) is 10.1 Å². The largest absolute Gasteiger partial charge is 0.380 e. The second-order valence-corrected chi connectivity index (χ2v) is 7.45. The summed E-state index contributed by atoms with van der Waals surface area (Å²) in [6.45, 7) is 0.375. The molecule has 4 heterocycles. The second kappa shape index (κ2) is 5.44. The van der Waals surface area contributed by atoms with E-state index in [1.807, 2.05) is 29.2 Å². The fourth-order valence-corrected chi connectivity index (χ4v) is 4.36. The van der Waals surface area contributed by atoms with Crippen molar-refractivity contribution in [1.82, 2.24) is 20.3 Å². The van der Waals surface area contributed by atoms with Crippen LogP contribution in [0.3, 0.4) is 0 Å². The smallest absolute Gasteiger partial charge is 0.287 e. The molecular formula is C18H18FN7O2. The second-order valence-electron chi connectivity index (χ2n) is 7.45. The fraction of sp³-hybridized carbons (Fsp3) is 0.389. The maximum Gasteiger partial charge on any atom is 0.287 e. The van der Waals surface area contributed by atoms with Crippen LogP contribution in [0.2, 0.25) is 0 Å². The van der Waals surface area contributed by atoms with Crippen LogP contribution < -0.4 is 9.91 Å². The van der Waals surface area contributed by atoms with Gasteiger partial charge in [0.1, 0.15) is 18.9 Å². The van der Waals surface area contributed by atoms with Crippen LogP contribution in [-0.2, 0) is 5.60 Å². The fourth-order valence-electron chi connectivity index (χ4n) is 4.36. The van der Waals surface area contributed by atoms with Gasteiger partial charge in [-0.25, -0.2) is 15.0 Å². The number of hydrogen-bond acceptors (Lipinski definition) is 9. The summed E-state index contributed by atoms with van der Waals surface area (Å²) >= 11 is 0. The predicted octanol–water partition coefficient (Wildman–Crippen LogP) is 2.05. The molecule has 9 nitrogen and oxygen atoms in total. The van der Waals surface area contributed by atoms with E-state index in [0.717, 1.165) is 24.1 Å². The summed E-state index contributed by atoms with van der Waals surface area (Å²) in [7, 11) is 0. The van der Waals surface area contributed by atoms with Gasteiger partial charge in [0.05, 0.1) is 11.9 Å². The molecule has 0 spiro atoms. The molecule has 0 amide bonds. The van der Waals surface area contributed by atoms with Gasteiger partial charge in [-0.1, -0.05) is 16.6 Å². The van der Waals surface area contributed by atoms with Crippen LogP contribution in [0.5, 0.6) is 0 Å². The molecule has 1 aromatic carbocycles. The first-order chi connectivity index (χ1) is 13.6. The molecule has 1 aliphatic carbocycles. The van der Waals surface area contributed by atoms with E-state index >= 15 is 0 Å².